The fourth-order valence-corrected chi connectivity index (χ4v) is 2.08. The average Bonchev–Trinajstić information content (AvgIpc) is 2.85. The molecule has 0 aliphatic carbocycles. The summed E-state index contributed by atoms with van der Waals surface area (Å²) in [7, 11) is 0. The van der Waals surface area contributed by atoms with Crippen molar-refractivity contribution in [3.8, 4) is 23.2 Å². The Morgan fingerprint density at radius 2 is 2.17 bits per heavy atom. The van der Waals surface area contributed by atoms with E-state index in [4.69, 9.17) is 10.00 Å². The number of aromatic nitrogens is 2. The second-order valence-corrected chi connectivity index (χ2v) is 4.25. The molecule has 0 amide bonds. The first-order valence-corrected chi connectivity index (χ1v) is 5.78. The molecule has 4 heteroatoms. The van der Waals surface area contributed by atoms with Gasteiger partial charge in [-0.05, 0) is 36.8 Å². The lowest BCUT2D eigenvalue weighted by Gasteiger charge is -2.04. The molecule has 0 atom stereocenters. The van der Waals surface area contributed by atoms with Crippen LogP contribution in [0.4, 0.5) is 0 Å². The molecule has 2 aromatic rings. The monoisotopic (exact) mass is 237 g/mol. The van der Waals surface area contributed by atoms with Crippen molar-refractivity contribution in [1.82, 2.24) is 9.97 Å². The molecule has 0 saturated carbocycles. The molecule has 4 nitrogen and oxygen atoms in total. The number of aryl methyl sites for hydroxylation is 1. The highest BCUT2D eigenvalue weighted by Gasteiger charge is 2.14. The number of rotatable bonds is 1. The van der Waals surface area contributed by atoms with Crippen molar-refractivity contribution in [1.29, 1.82) is 5.26 Å². The van der Waals surface area contributed by atoms with Crippen LogP contribution in [0.1, 0.15) is 17.0 Å². The van der Waals surface area contributed by atoms with E-state index in [1.54, 1.807) is 6.07 Å². The lowest BCUT2D eigenvalue weighted by molar-refractivity contribution is 0.357. The third kappa shape index (κ3) is 1.80. The number of hydrogen-bond acceptors (Lipinski definition) is 4. The number of hydrogen-bond donors (Lipinski definition) is 0. The molecule has 0 N–H and O–H groups in total. The summed E-state index contributed by atoms with van der Waals surface area (Å²) in [6.45, 7) is 2.60. The van der Waals surface area contributed by atoms with Crippen LogP contribution in [0.2, 0.25) is 0 Å². The topological polar surface area (TPSA) is 58.8 Å². The largest absolute Gasteiger partial charge is 0.493 e. The van der Waals surface area contributed by atoms with Crippen LogP contribution in [0.15, 0.2) is 24.3 Å². The quantitative estimate of drug-likeness (QED) is 0.763. The van der Waals surface area contributed by atoms with Crippen LogP contribution >= 0.6 is 0 Å². The minimum atomic E-state index is 0.397. The molecule has 0 unspecified atom stereocenters. The predicted molar refractivity (Wildman–Crippen MR) is 66.1 cm³/mol. The van der Waals surface area contributed by atoms with E-state index < -0.39 is 0 Å². The van der Waals surface area contributed by atoms with Crippen LogP contribution in [0.3, 0.4) is 0 Å². The third-order valence-corrected chi connectivity index (χ3v) is 2.92. The predicted octanol–water partition coefficient (Wildman–Crippen LogP) is 2.26. The Labute approximate surface area is 105 Å². The number of fused-ring (bicyclic) bond motifs is 1. The summed E-state index contributed by atoms with van der Waals surface area (Å²) in [6, 6.07) is 9.65. The van der Waals surface area contributed by atoms with Crippen LogP contribution in [0.5, 0.6) is 5.75 Å². The van der Waals surface area contributed by atoms with Gasteiger partial charge in [0.05, 0.1) is 6.61 Å². The second kappa shape index (κ2) is 4.11. The molecule has 3 rings (SSSR count). The van der Waals surface area contributed by atoms with E-state index >= 15 is 0 Å². The van der Waals surface area contributed by atoms with Gasteiger partial charge in [0.1, 0.15) is 17.5 Å². The van der Waals surface area contributed by atoms with Gasteiger partial charge < -0.3 is 4.74 Å². The molecule has 0 spiro atoms. The van der Waals surface area contributed by atoms with Gasteiger partial charge in [0.2, 0.25) is 0 Å². The van der Waals surface area contributed by atoms with E-state index in [1.165, 1.54) is 5.56 Å². The highest BCUT2D eigenvalue weighted by atomic mass is 16.5. The van der Waals surface area contributed by atoms with E-state index in [-0.39, 0.29) is 0 Å². The van der Waals surface area contributed by atoms with Gasteiger partial charge in [0.15, 0.2) is 5.82 Å². The fraction of sp³-hybridized carbons (Fsp3) is 0.214. The Kier molecular flexibility index (Phi) is 2.45. The van der Waals surface area contributed by atoms with Gasteiger partial charge in [0.25, 0.3) is 0 Å². The van der Waals surface area contributed by atoms with Gasteiger partial charge in [-0.25, -0.2) is 9.97 Å². The van der Waals surface area contributed by atoms with Crippen molar-refractivity contribution in [2.45, 2.75) is 13.3 Å². The summed E-state index contributed by atoms with van der Waals surface area (Å²) in [5, 5.41) is 8.93. The Morgan fingerprint density at radius 1 is 1.28 bits per heavy atom. The molecule has 1 aliphatic rings. The normalized spacial score (nSPS) is 12.7. The average molecular weight is 237 g/mol. The summed E-state index contributed by atoms with van der Waals surface area (Å²) in [5.41, 5.74) is 3.30. The maximum Gasteiger partial charge on any atom is 0.160 e. The standard InChI is InChI=1S/C14H11N3O/c1-9-6-12(8-15)17-14(16-9)11-2-3-13-10(7-11)4-5-18-13/h2-3,6-7H,4-5H2,1H3. The van der Waals surface area contributed by atoms with E-state index in [2.05, 4.69) is 16.0 Å². The maximum absolute atomic E-state index is 8.93. The van der Waals surface area contributed by atoms with Crippen LogP contribution in [-0.4, -0.2) is 16.6 Å². The van der Waals surface area contributed by atoms with Crippen LogP contribution in [0, 0.1) is 18.3 Å². The molecule has 18 heavy (non-hydrogen) atoms. The molecule has 0 bridgehead atoms. The molecule has 1 aromatic carbocycles. The molecule has 1 aromatic heterocycles. The van der Waals surface area contributed by atoms with Crippen LogP contribution < -0.4 is 4.74 Å². The van der Waals surface area contributed by atoms with E-state index in [1.807, 2.05) is 25.1 Å². The lowest BCUT2D eigenvalue weighted by Crippen LogP contribution is -1.95. The van der Waals surface area contributed by atoms with Crippen molar-refractivity contribution in [2.24, 2.45) is 0 Å². The highest BCUT2D eigenvalue weighted by Crippen LogP contribution is 2.29. The molecule has 88 valence electrons. The highest BCUT2D eigenvalue weighted by molar-refractivity contribution is 5.60. The summed E-state index contributed by atoms with van der Waals surface area (Å²) in [5.74, 6) is 1.54. The summed E-state index contributed by atoms with van der Waals surface area (Å²) >= 11 is 0. The number of ether oxygens (including phenoxy) is 1. The van der Waals surface area contributed by atoms with Crippen LogP contribution in [0.25, 0.3) is 11.4 Å². The molecule has 0 saturated heterocycles. The minimum absolute atomic E-state index is 0.397. The smallest absolute Gasteiger partial charge is 0.160 e. The van der Waals surface area contributed by atoms with Crippen molar-refractivity contribution in [3.63, 3.8) is 0 Å². The molecule has 1 aliphatic heterocycles. The van der Waals surface area contributed by atoms with Crippen molar-refractivity contribution >= 4 is 0 Å². The minimum Gasteiger partial charge on any atom is -0.493 e. The van der Waals surface area contributed by atoms with Gasteiger partial charge in [-0.2, -0.15) is 5.26 Å². The van der Waals surface area contributed by atoms with Gasteiger partial charge in [-0.1, -0.05) is 0 Å². The van der Waals surface area contributed by atoms with Crippen LogP contribution in [-0.2, 0) is 6.42 Å². The Bertz CT molecular complexity index is 659. The second-order valence-electron chi connectivity index (χ2n) is 4.25. The van der Waals surface area contributed by atoms with Crippen molar-refractivity contribution in [3.05, 3.63) is 41.2 Å². The molecule has 2 heterocycles. The van der Waals surface area contributed by atoms with Gasteiger partial charge in [-0.3, -0.25) is 0 Å². The number of nitrogens with zero attached hydrogens (tertiary/aromatic N) is 3. The zero-order valence-corrected chi connectivity index (χ0v) is 9.97. The zero-order chi connectivity index (χ0) is 12.5. The van der Waals surface area contributed by atoms with Gasteiger partial charge >= 0.3 is 0 Å². The Hall–Kier alpha value is -2.41. The molecule has 0 fully saturated rings. The number of nitriles is 1. The first-order chi connectivity index (χ1) is 8.76. The summed E-state index contributed by atoms with van der Waals surface area (Å²) in [4.78, 5) is 8.61. The summed E-state index contributed by atoms with van der Waals surface area (Å²) < 4.78 is 5.46. The first-order valence-electron chi connectivity index (χ1n) is 5.78. The zero-order valence-electron chi connectivity index (χ0n) is 9.97. The van der Waals surface area contributed by atoms with Gasteiger partial charge in [-0.15, -0.1) is 0 Å². The molecule has 0 radical (unpaired) electrons. The lowest BCUT2D eigenvalue weighted by atomic mass is 10.1. The SMILES string of the molecule is Cc1cc(C#N)nc(-c2ccc3c(c2)CCO3)n1. The Morgan fingerprint density at radius 3 is 3.00 bits per heavy atom. The van der Waals surface area contributed by atoms with Crippen molar-refractivity contribution < 1.29 is 4.74 Å². The van der Waals surface area contributed by atoms with E-state index in [0.29, 0.717) is 11.5 Å². The molecular weight excluding hydrogens is 226 g/mol. The fourth-order valence-electron chi connectivity index (χ4n) is 2.08. The van der Waals surface area contributed by atoms with E-state index in [0.717, 1.165) is 30.0 Å². The summed E-state index contributed by atoms with van der Waals surface area (Å²) in [6.07, 6.45) is 0.917. The van der Waals surface area contributed by atoms with E-state index in [9.17, 15) is 0 Å². The Balaban J connectivity index is 2.10. The molecular formula is C14H11N3O. The first kappa shape index (κ1) is 10.7. The number of benzene rings is 1. The third-order valence-electron chi connectivity index (χ3n) is 2.92. The maximum atomic E-state index is 8.93. The van der Waals surface area contributed by atoms with Crippen molar-refractivity contribution in [2.75, 3.05) is 6.61 Å². The van der Waals surface area contributed by atoms with Gasteiger partial charge in [0, 0.05) is 17.7 Å².